The van der Waals surface area contributed by atoms with Crippen LogP contribution in [0.1, 0.15) is 44.5 Å². The maximum Gasteiger partial charge on any atom is 0.338 e. The zero-order chi connectivity index (χ0) is 54.4. The van der Waals surface area contributed by atoms with Crippen LogP contribution in [0.3, 0.4) is 0 Å². The summed E-state index contributed by atoms with van der Waals surface area (Å²) in [5.74, 6) is -0.674. The summed E-state index contributed by atoms with van der Waals surface area (Å²) in [6, 6.07) is 78.6. The van der Waals surface area contributed by atoms with Gasteiger partial charge in [-0.15, -0.1) is 0 Å². The minimum atomic E-state index is -1.40. The molecule has 0 unspecified atom stereocenters. The quantitative estimate of drug-likeness (QED) is 0.0456. The summed E-state index contributed by atoms with van der Waals surface area (Å²) in [5.41, 5.74) is 7.22. The monoisotopic (exact) mass is 1080 g/mol. The predicted octanol–water partition coefficient (Wildman–Crippen LogP) is 11.9. The number of esters is 1. The highest BCUT2D eigenvalue weighted by molar-refractivity contribution is 5.76. The van der Waals surface area contributed by atoms with Gasteiger partial charge in [-0.25, -0.2) is 4.79 Å². The molecule has 10 rings (SSSR count). The second kappa shape index (κ2) is 29.9. The smallest absolute Gasteiger partial charge is 0.338 e. The van der Waals surface area contributed by atoms with E-state index in [9.17, 15) is 0 Å². The summed E-state index contributed by atoms with van der Waals surface area (Å²) in [7, 11) is 0. The van der Waals surface area contributed by atoms with E-state index in [0.29, 0.717) is 6.61 Å². The Morgan fingerprint density at radius 3 is 1.01 bits per heavy atom. The molecule has 0 radical (unpaired) electrons. The molecule has 8 aromatic rings. The molecule has 412 valence electrons. The summed E-state index contributed by atoms with van der Waals surface area (Å²) >= 11 is 0. The molecule has 80 heavy (non-hydrogen) atoms. The van der Waals surface area contributed by atoms with Crippen molar-refractivity contribution in [1.82, 2.24) is 0 Å². The summed E-state index contributed by atoms with van der Waals surface area (Å²) in [6.45, 7) is 1.28. The number of hydrogen-bond acceptors (Lipinski definition) is 12. The molecule has 0 aliphatic carbocycles. The summed E-state index contributed by atoms with van der Waals surface area (Å²) in [5, 5.41) is 0. The Kier molecular flexibility index (Phi) is 21.0. The lowest BCUT2D eigenvalue weighted by molar-refractivity contribution is -0.376. The van der Waals surface area contributed by atoms with Crippen LogP contribution in [0, 0.1) is 0 Å². The van der Waals surface area contributed by atoms with Gasteiger partial charge in [-0.2, -0.15) is 0 Å². The van der Waals surface area contributed by atoms with Crippen LogP contribution in [0.25, 0.3) is 0 Å². The predicted molar refractivity (Wildman–Crippen MR) is 301 cm³/mol. The normalized spacial score (nSPS) is 22.8. The van der Waals surface area contributed by atoms with Gasteiger partial charge in [0, 0.05) is 0 Å². The van der Waals surface area contributed by atoms with Crippen LogP contribution in [-0.4, -0.2) is 74.0 Å². The number of ether oxygens (including phenoxy) is 11. The molecule has 2 heterocycles. The standard InChI is InChI=1S/C68H68O12/c69-66(76-47-56-37-21-7-22-38-56)63-60(72-43-52-29-13-3-14-30-52)61(73-44-53-31-15-4-16-32-53)64(74-45-54-33-17-5-18-34-54)68(80-63)79-62-59(71-42-51-27-11-2-12-28-51)58(49-70-41-50-25-9-1-10-26-50)78-67(77-48-57-39-23-8-24-40-57)65(62)75-46-55-35-19-6-20-36-55/h1-40,58-65,67-68H,41-49H2/t58-,59-,60+,61+,62+,63+,64-,65-,67-,68-/m1/s1. The molecule has 0 N–H and O–H groups in total. The van der Waals surface area contributed by atoms with Crippen molar-refractivity contribution < 1.29 is 56.9 Å². The molecular formula is C68H68O12. The van der Waals surface area contributed by atoms with Crippen molar-refractivity contribution in [3.63, 3.8) is 0 Å². The largest absolute Gasteiger partial charge is 0.459 e. The molecule has 0 saturated carbocycles. The third-order valence-electron chi connectivity index (χ3n) is 13.9. The fraction of sp³-hybridized carbons (Fsp3) is 0.279. The van der Waals surface area contributed by atoms with Gasteiger partial charge in [0.05, 0.1) is 52.9 Å². The van der Waals surface area contributed by atoms with E-state index in [0.717, 1.165) is 44.5 Å². The van der Waals surface area contributed by atoms with Crippen molar-refractivity contribution in [2.24, 2.45) is 0 Å². The molecular weight excluding hydrogens is 1010 g/mol. The molecule has 10 atom stereocenters. The van der Waals surface area contributed by atoms with E-state index in [2.05, 4.69) is 0 Å². The Balaban J connectivity index is 1.08. The lowest BCUT2D eigenvalue weighted by Crippen LogP contribution is -2.67. The van der Waals surface area contributed by atoms with E-state index in [1.807, 2.05) is 243 Å². The van der Waals surface area contributed by atoms with Gasteiger partial charge in [-0.1, -0.05) is 243 Å². The van der Waals surface area contributed by atoms with Gasteiger partial charge in [-0.3, -0.25) is 0 Å². The fourth-order valence-corrected chi connectivity index (χ4v) is 9.76. The summed E-state index contributed by atoms with van der Waals surface area (Å²) < 4.78 is 76.5. The molecule has 0 spiro atoms. The Morgan fingerprint density at radius 2 is 0.613 bits per heavy atom. The van der Waals surface area contributed by atoms with Gasteiger partial charge in [0.25, 0.3) is 0 Å². The van der Waals surface area contributed by atoms with Gasteiger partial charge in [0.15, 0.2) is 18.7 Å². The Bertz CT molecular complexity index is 2980. The Morgan fingerprint density at radius 1 is 0.300 bits per heavy atom. The first kappa shape index (κ1) is 56.1. The van der Waals surface area contributed by atoms with Crippen molar-refractivity contribution in [1.29, 1.82) is 0 Å². The van der Waals surface area contributed by atoms with Crippen molar-refractivity contribution in [2.75, 3.05) is 6.61 Å². The lowest BCUT2D eigenvalue weighted by atomic mass is 9.95. The summed E-state index contributed by atoms with van der Waals surface area (Å²) in [4.78, 5) is 15.1. The number of carbonyl (C=O) groups excluding carboxylic acids is 1. The Hall–Kier alpha value is -7.17. The molecule has 12 nitrogen and oxygen atoms in total. The average Bonchev–Trinajstić information content (AvgIpc) is 3.55. The van der Waals surface area contributed by atoms with Crippen LogP contribution in [0.5, 0.6) is 0 Å². The first-order chi connectivity index (χ1) is 39.6. The topological polar surface area (TPSA) is 119 Å². The first-order valence-corrected chi connectivity index (χ1v) is 27.3. The number of benzene rings is 8. The van der Waals surface area contributed by atoms with Crippen LogP contribution >= 0.6 is 0 Å². The molecule has 0 aromatic heterocycles. The van der Waals surface area contributed by atoms with Crippen molar-refractivity contribution >= 4 is 5.97 Å². The van der Waals surface area contributed by atoms with Crippen LogP contribution in [0.4, 0.5) is 0 Å². The van der Waals surface area contributed by atoms with E-state index in [4.69, 9.17) is 52.1 Å². The van der Waals surface area contributed by atoms with Gasteiger partial charge in [0.1, 0.15) is 49.3 Å². The van der Waals surface area contributed by atoms with Crippen LogP contribution in [0.15, 0.2) is 243 Å². The third-order valence-corrected chi connectivity index (χ3v) is 13.9. The fourth-order valence-electron chi connectivity index (χ4n) is 9.76. The average molecular weight is 1080 g/mol. The molecule has 0 amide bonds. The zero-order valence-corrected chi connectivity index (χ0v) is 44.6. The number of carbonyl (C=O) groups is 1. The highest BCUT2D eigenvalue weighted by Crippen LogP contribution is 2.38. The highest BCUT2D eigenvalue weighted by atomic mass is 16.8. The van der Waals surface area contributed by atoms with Crippen LogP contribution in [-0.2, 0) is 110 Å². The van der Waals surface area contributed by atoms with E-state index in [-0.39, 0.29) is 52.9 Å². The summed E-state index contributed by atoms with van der Waals surface area (Å²) in [6.07, 6.45) is -10.7. The maximum absolute atomic E-state index is 15.1. The molecule has 2 aliphatic heterocycles. The van der Waals surface area contributed by atoms with Crippen molar-refractivity contribution in [3.05, 3.63) is 287 Å². The zero-order valence-electron chi connectivity index (χ0n) is 44.6. The van der Waals surface area contributed by atoms with E-state index in [1.54, 1.807) is 0 Å². The molecule has 2 saturated heterocycles. The van der Waals surface area contributed by atoms with Gasteiger partial charge in [-0.05, 0) is 44.5 Å². The van der Waals surface area contributed by atoms with Gasteiger partial charge in [0.2, 0.25) is 0 Å². The second-order valence-electron chi connectivity index (χ2n) is 19.8. The molecule has 2 aliphatic rings. The number of hydrogen-bond donors (Lipinski definition) is 0. The van der Waals surface area contributed by atoms with Crippen molar-refractivity contribution in [3.8, 4) is 0 Å². The van der Waals surface area contributed by atoms with Gasteiger partial charge >= 0.3 is 5.97 Å². The maximum atomic E-state index is 15.1. The lowest BCUT2D eigenvalue weighted by Gasteiger charge is -2.50. The highest BCUT2D eigenvalue weighted by Gasteiger charge is 2.56. The molecule has 0 bridgehead atoms. The first-order valence-electron chi connectivity index (χ1n) is 27.3. The van der Waals surface area contributed by atoms with Crippen molar-refractivity contribution in [2.45, 2.75) is 114 Å². The van der Waals surface area contributed by atoms with E-state index < -0.39 is 67.4 Å². The van der Waals surface area contributed by atoms with E-state index in [1.165, 1.54) is 0 Å². The molecule has 8 aromatic carbocycles. The van der Waals surface area contributed by atoms with Crippen LogP contribution < -0.4 is 0 Å². The second-order valence-corrected chi connectivity index (χ2v) is 19.8. The molecule has 2 fully saturated rings. The van der Waals surface area contributed by atoms with Gasteiger partial charge < -0.3 is 52.1 Å². The van der Waals surface area contributed by atoms with Crippen LogP contribution in [0.2, 0.25) is 0 Å². The molecule has 12 heteroatoms. The van der Waals surface area contributed by atoms with E-state index >= 15 is 4.79 Å². The Labute approximate surface area is 469 Å². The minimum absolute atomic E-state index is 0.0181. The SMILES string of the molecule is O=C(OCc1ccccc1)[C@H]1O[C@@H](O[C@@H]2[C@@H](OCc3ccccc3)[C@H](OCc3ccccc3)O[C@H](COCc3ccccc3)[C@H]2OCc2ccccc2)[C@H](OCc2ccccc2)[C@@H](OCc2ccccc2)[C@@H]1OCc1ccccc1. The minimum Gasteiger partial charge on any atom is -0.459 e. The number of rotatable bonds is 27. The third kappa shape index (κ3) is 16.2.